The van der Waals surface area contributed by atoms with Crippen molar-refractivity contribution in [2.45, 2.75) is 19.6 Å². The standard InChI is InChI=1S/C10H12O4/c11-5-8-1-7(4-10(13)14)2-9(3-8)6-12/h1-3,11-12H,4-6H2,(H,13,14). The summed E-state index contributed by atoms with van der Waals surface area (Å²) in [7, 11) is 0. The predicted molar refractivity (Wildman–Crippen MR) is 49.6 cm³/mol. The van der Waals surface area contributed by atoms with Crippen LogP contribution in [0.3, 0.4) is 0 Å². The van der Waals surface area contributed by atoms with Gasteiger partial charge in [-0.1, -0.05) is 18.2 Å². The highest BCUT2D eigenvalue weighted by Gasteiger charge is 2.04. The summed E-state index contributed by atoms with van der Waals surface area (Å²) in [6, 6.07) is 4.88. The SMILES string of the molecule is O=C(O)Cc1cc(CO)cc(CO)c1. The van der Waals surface area contributed by atoms with E-state index in [0.29, 0.717) is 16.7 Å². The van der Waals surface area contributed by atoms with E-state index in [4.69, 9.17) is 15.3 Å². The summed E-state index contributed by atoms with van der Waals surface area (Å²) in [5, 5.41) is 26.3. The summed E-state index contributed by atoms with van der Waals surface area (Å²) in [5.41, 5.74) is 1.83. The summed E-state index contributed by atoms with van der Waals surface area (Å²) in [6.07, 6.45) is -0.0964. The van der Waals surface area contributed by atoms with Gasteiger partial charge in [-0.3, -0.25) is 4.79 Å². The topological polar surface area (TPSA) is 77.8 Å². The highest BCUT2D eigenvalue weighted by molar-refractivity contribution is 5.70. The van der Waals surface area contributed by atoms with E-state index in [0.717, 1.165) is 0 Å². The number of aliphatic carboxylic acids is 1. The number of aliphatic hydroxyl groups is 2. The van der Waals surface area contributed by atoms with Crippen LogP contribution in [0, 0.1) is 0 Å². The molecule has 0 fully saturated rings. The van der Waals surface area contributed by atoms with Crippen molar-refractivity contribution in [2.24, 2.45) is 0 Å². The minimum atomic E-state index is -0.927. The van der Waals surface area contributed by atoms with Gasteiger partial charge in [0, 0.05) is 0 Å². The van der Waals surface area contributed by atoms with Crippen LogP contribution in [0.5, 0.6) is 0 Å². The molecule has 14 heavy (non-hydrogen) atoms. The van der Waals surface area contributed by atoms with Crippen molar-refractivity contribution in [1.29, 1.82) is 0 Å². The molecule has 4 nitrogen and oxygen atoms in total. The number of carboxylic acids is 1. The Bertz CT molecular complexity index is 311. The maximum atomic E-state index is 10.4. The molecule has 0 atom stereocenters. The van der Waals surface area contributed by atoms with Crippen molar-refractivity contribution < 1.29 is 20.1 Å². The third-order valence-electron chi connectivity index (χ3n) is 1.83. The average Bonchev–Trinajstić information content (AvgIpc) is 2.16. The van der Waals surface area contributed by atoms with Gasteiger partial charge in [-0.2, -0.15) is 0 Å². The van der Waals surface area contributed by atoms with Gasteiger partial charge in [0.15, 0.2) is 0 Å². The van der Waals surface area contributed by atoms with E-state index in [1.165, 1.54) is 0 Å². The maximum Gasteiger partial charge on any atom is 0.307 e. The molecule has 1 aromatic carbocycles. The molecule has 0 saturated carbocycles. The van der Waals surface area contributed by atoms with Crippen LogP contribution >= 0.6 is 0 Å². The molecule has 76 valence electrons. The second kappa shape index (κ2) is 4.74. The summed E-state index contributed by atoms with van der Waals surface area (Å²) in [5.74, 6) is -0.927. The summed E-state index contributed by atoms with van der Waals surface area (Å²) >= 11 is 0. The molecule has 0 spiro atoms. The van der Waals surface area contributed by atoms with Crippen LogP contribution in [0.2, 0.25) is 0 Å². The Morgan fingerprint density at radius 3 is 1.79 bits per heavy atom. The second-order valence-corrected chi connectivity index (χ2v) is 3.04. The zero-order valence-electron chi connectivity index (χ0n) is 7.60. The fourth-order valence-electron chi connectivity index (χ4n) is 1.30. The van der Waals surface area contributed by atoms with E-state index in [1.807, 2.05) is 0 Å². The third kappa shape index (κ3) is 2.83. The van der Waals surface area contributed by atoms with Gasteiger partial charge < -0.3 is 15.3 Å². The lowest BCUT2D eigenvalue weighted by Gasteiger charge is -2.04. The van der Waals surface area contributed by atoms with E-state index in [1.54, 1.807) is 18.2 Å². The molecule has 0 bridgehead atoms. The van der Waals surface area contributed by atoms with Crippen LogP contribution < -0.4 is 0 Å². The zero-order valence-corrected chi connectivity index (χ0v) is 7.60. The van der Waals surface area contributed by atoms with E-state index < -0.39 is 5.97 Å². The lowest BCUT2D eigenvalue weighted by molar-refractivity contribution is -0.136. The van der Waals surface area contributed by atoms with Crippen LogP contribution in [0.4, 0.5) is 0 Å². The first-order valence-electron chi connectivity index (χ1n) is 4.21. The highest BCUT2D eigenvalue weighted by Crippen LogP contribution is 2.11. The summed E-state index contributed by atoms with van der Waals surface area (Å²) in [6.45, 7) is -0.305. The number of hydrogen-bond donors (Lipinski definition) is 3. The summed E-state index contributed by atoms with van der Waals surface area (Å²) in [4.78, 5) is 10.4. The molecule has 0 aliphatic heterocycles. The molecule has 0 aliphatic carbocycles. The van der Waals surface area contributed by atoms with E-state index in [-0.39, 0.29) is 19.6 Å². The lowest BCUT2D eigenvalue weighted by atomic mass is 10.0. The predicted octanol–water partition coefficient (Wildman–Crippen LogP) is 0.298. The van der Waals surface area contributed by atoms with Crippen molar-refractivity contribution in [3.05, 3.63) is 34.9 Å². The van der Waals surface area contributed by atoms with Crippen LogP contribution in [-0.4, -0.2) is 21.3 Å². The molecule has 0 unspecified atom stereocenters. The molecule has 0 heterocycles. The van der Waals surface area contributed by atoms with Crippen LogP contribution in [0.15, 0.2) is 18.2 Å². The quantitative estimate of drug-likeness (QED) is 0.647. The van der Waals surface area contributed by atoms with Gasteiger partial charge in [-0.05, 0) is 16.7 Å². The van der Waals surface area contributed by atoms with Crippen LogP contribution in [0.25, 0.3) is 0 Å². The third-order valence-corrected chi connectivity index (χ3v) is 1.83. The molecule has 1 rings (SSSR count). The molecule has 0 aliphatic rings. The van der Waals surface area contributed by atoms with Gasteiger partial charge in [-0.15, -0.1) is 0 Å². The Hall–Kier alpha value is -1.39. The number of hydrogen-bond acceptors (Lipinski definition) is 3. The van der Waals surface area contributed by atoms with E-state index >= 15 is 0 Å². The Labute approximate surface area is 81.4 Å². The zero-order chi connectivity index (χ0) is 10.6. The largest absolute Gasteiger partial charge is 0.481 e. The monoisotopic (exact) mass is 196 g/mol. The van der Waals surface area contributed by atoms with Gasteiger partial charge >= 0.3 is 5.97 Å². The van der Waals surface area contributed by atoms with Gasteiger partial charge in [0.25, 0.3) is 0 Å². The highest BCUT2D eigenvalue weighted by atomic mass is 16.4. The first-order valence-corrected chi connectivity index (χ1v) is 4.21. The van der Waals surface area contributed by atoms with Crippen molar-refractivity contribution >= 4 is 5.97 Å². The Balaban J connectivity index is 2.98. The van der Waals surface area contributed by atoms with Crippen molar-refractivity contribution in [3.8, 4) is 0 Å². The Morgan fingerprint density at radius 1 is 1.00 bits per heavy atom. The molecule has 0 amide bonds. The molecule has 0 saturated heterocycles. The first-order chi connectivity index (χ1) is 6.65. The smallest absolute Gasteiger partial charge is 0.307 e. The molecule has 0 aromatic heterocycles. The fourth-order valence-corrected chi connectivity index (χ4v) is 1.30. The lowest BCUT2D eigenvalue weighted by Crippen LogP contribution is -2.02. The number of benzene rings is 1. The molecular formula is C10H12O4. The van der Waals surface area contributed by atoms with Gasteiger partial charge in [0.2, 0.25) is 0 Å². The average molecular weight is 196 g/mol. The molecule has 3 N–H and O–H groups in total. The van der Waals surface area contributed by atoms with Crippen molar-refractivity contribution in [1.82, 2.24) is 0 Å². The van der Waals surface area contributed by atoms with E-state index in [9.17, 15) is 4.79 Å². The minimum Gasteiger partial charge on any atom is -0.481 e. The first kappa shape index (κ1) is 10.7. The molecule has 1 aromatic rings. The number of carbonyl (C=O) groups is 1. The van der Waals surface area contributed by atoms with Gasteiger partial charge in [0.05, 0.1) is 19.6 Å². The fraction of sp³-hybridized carbons (Fsp3) is 0.300. The second-order valence-electron chi connectivity index (χ2n) is 3.04. The molecule has 4 heteroatoms. The van der Waals surface area contributed by atoms with Gasteiger partial charge in [-0.25, -0.2) is 0 Å². The normalized spacial score (nSPS) is 10.1. The minimum absolute atomic E-state index is 0.0964. The number of carboxylic acid groups (broad SMARTS) is 1. The van der Waals surface area contributed by atoms with Crippen LogP contribution in [-0.2, 0) is 24.4 Å². The van der Waals surface area contributed by atoms with Crippen molar-refractivity contribution in [2.75, 3.05) is 0 Å². The number of rotatable bonds is 4. The maximum absolute atomic E-state index is 10.4. The molecule has 0 radical (unpaired) electrons. The number of aliphatic hydroxyl groups excluding tert-OH is 2. The molecular weight excluding hydrogens is 184 g/mol. The summed E-state index contributed by atoms with van der Waals surface area (Å²) < 4.78 is 0. The Kier molecular flexibility index (Phi) is 3.62. The van der Waals surface area contributed by atoms with E-state index in [2.05, 4.69) is 0 Å². The Morgan fingerprint density at radius 2 is 1.43 bits per heavy atom. The van der Waals surface area contributed by atoms with Crippen molar-refractivity contribution in [3.63, 3.8) is 0 Å². The van der Waals surface area contributed by atoms with Gasteiger partial charge in [0.1, 0.15) is 0 Å². The van der Waals surface area contributed by atoms with Crippen LogP contribution in [0.1, 0.15) is 16.7 Å².